The van der Waals surface area contributed by atoms with Crippen LogP contribution in [0.5, 0.6) is 5.75 Å². The van der Waals surface area contributed by atoms with Gasteiger partial charge in [-0.25, -0.2) is 0 Å². The maximum atomic E-state index is 12.4. The zero-order chi connectivity index (χ0) is 15.2. The average Bonchev–Trinajstić information content (AvgIpc) is 2.73. The number of carbonyl (C=O) groups is 1. The molecule has 0 bridgehead atoms. The highest BCUT2D eigenvalue weighted by atomic mass is 32.2. The van der Waals surface area contributed by atoms with Crippen molar-refractivity contribution in [2.45, 2.75) is 32.6 Å². The molecule has 0 spiro atoms. The van der Waals surface area contributed by atoms with Gasteiger partial charge >= 0.3 is 0 Å². The number of aromatic hydroxyl groups is 1. The molecule has 1 aliphatic heterocycles. The number of nitrogens with zero attached hydrogens (tertiary/aromatic N) is 1. The predicted molar refractivity (Wildman–Crippen MR) is 92.1 cm³/mol. The van der Waals surface area contributed by atoms with Crippen LogP contribution in [-0.4, -0.2) is 26.8 Å². The Kier molecular flexibility index (Phi) is 5.82. The van der Waals surface area contributed by atoms with E-state index in [1.807, 2.05) is 6.08 Å². The van der Waals surface area contributed by atoms with E-state index in [1.165, 1.54) is 24.6 Å². The van der Waals surface area contributed by atoms with E-state index in [0.29, 0.717) is 15.8 Å². The average molecular weight is 321 g/mol. The first kappa shape index (κ1) is 16.0. The molecular weight excluding hydrogens is 302 g/mol. The molecule has 1 aromatic rings. The molecule has 1 fully saturated rings. The molecule has 112 valence electrons. The summed E-state index contributed by atoms with van der Waals surface area (Å²) in [5, 5.41) is 9.27. The minimum absolute atomic E-state index is 0.00502. The molecule has 1 N–H and O–H groups in total. The number of hydrogen-bond donors (Lipinski definition) is 1. The molecule has 5 heteroatoms. The van der Waals surface area contributed by atoms with Crippen LogP contribution in [0.3, 0.4) is 0 Å². The van der Waals surface area contributed by atoms with Crippen LogP contribution in [0.4, 0.5) is 0 Å². The van der Waals surface area contributed by atoms with E-state index >= 15 is 0 Å². The molecule has 2 rings (SSSR count). The lowest BCUT2D eigenvalue weighted by molar-refractivity contribution is -0.122. The van der Waals surface area contributed by atoms with Gasteiger partial charge in [0, 0.05) is 6.54 Å². The molecule has 0 aromatic heterocycles. The minimum Gasteiger partial charge on any atom is -0.508 e. The summed E-state index contributed by atoms with van der Waals surface area (Å²) in [5.74, 6) is 0.213. The quantitative estimate of drug-likeness (QED) is 0.485. The first-order valence-electron chi connectivity index (χ1n) is 7.16. The number of amides is 1. The first-order chi connectivity index (χ1) is 10.1. The Labute approximate surface area is 135 Å². The Morgan fingerprint density at radius 3 is 2.62 bits per heavy atom. The van der Waals surface area contributed by atoms with Gasteiger partial charge in [-0.2, -0.15) is 0 Å². The van der Waals surface area contributed by atoms with Gasteiger partial charge in [-0.1, -0.05) is 62.3 Å². The normalized spacial score (nSPS) is 17.0. The molecule has 1 aromatic carbocycles. The third-order valence-corrected chi connectivity index (χ3v) is 4.68. The summed E-state index contributed by atoms with van der Waals surface area (Å²) < 4.78 is 0.640. The van der Waals surface area contributed by atoms with Gasteiger partial charge in [0.1, 0.15) is 10.1 Å². The summed E-state index contributed by atoms with van der Waals surface area (Å²) in [4.78, 5) is 14.7. The smallest absolute Gasteiger partial charge is 0.266 e. The van der Waals surface area contributed by atoms with Crippen LogP contribution in [0.15, 0.2) is 29.2 Å². The Hall–Kier alpha value is -1.33. The molecule has 3 nitrogen and oxygen atoms in total. The van der Waals surface area contributed by atoms with E-state index < -0.39 is 0 Å². The highest BCUT2D eigenvalue weighted by Crippen LogP contribution is 2.32. The molecule has 1 aliphatic rings. The number of thioether (sulfide) groups is 1. The van der Waals surface area contributed by atoms with Crippen LogP contribution in [0.25, 0.3) is 6.08 Å². The summed E-state index contributed by atoms with van der Waals surface area (Å²) >= 11 is 6.65. The van der Waals surface area contributed by atoms with E-state index in [9.17, 15) is 9.90 Å². The maximum Gasteiger partial charge on any atom is 0.266 e. The van der Waals surface area contributed by atoms with Crippen LogP contribution in [0, 0.1) is 0 Å². The van der Waals surface area contributed by atoms with E-state index in [4.69, 9.17) is 12.2 Å². The summed E-state index contributed by atoms with van der Waals surface area (Å²) in [6, 6.07) is 6.78. The number of carbonyl (C=O) groups excluding carboxylic acids is 1. The molecule has 0 atom stereocenters. The number of thiocarbonyl (C=S) groups is 1. The van der Waals surface area contributed by atoms with Gasteiger partial charge in [0.15, 0.2) is 0 Å². The minimum atomic E-state index is -0.00502. The lowest BCUT2D eigenvalue weighted by atomic mass is 10.2. The van der Waals surface area contributed by atoms with Crippen molar-refractivity contribution in [1.29, 1.82) is 0 Å². The second-order valence-corrected chi connectivity index (χ2v) is 6.66. The summed E-state index contributed by atoms with van der Waals surface area (Å²) in [5.41, 5.74) is 0.888. The van der Waals surface area contributed by atoms with Crippen LogP contribution >= 0.6 is 24.0 Å². The Balaban J connectivity index is 2.01. The number of hydrogen-bond acceptors (Lipinski definition) is 4. The molecule has 1 amide bonds. The van der Waals surface area contributed by atoms with Gasteiger partial charge in [-0.3, -0.25) is 9.69 Å². The molecule has 0 unspecified atom stereocenters. The third kappa shape index (κ3) is 4.32. The summed E-state index contributed by atoms with van der Waals surface area (Å²) in [6.07, 6.45) is 6.32. The van der Waals surface area contributed by atoms with Crippen LogP contribution in [0.1, 0.15) is 38.2 Å². The second kappa shape index (κ2) is 7.61. The van der Waals surface area contributed by atoms with Gasteiger partial charge in [0.25, 0.3) is 5.91 Å². The Bertz CT molecular complexity index is 552. The zero-order valence-corrected chi connectivity index (χ0v) is 13.7. The van der Waals surface area contributed by atoms with Crippen LogP contribution in [0.2, 0.25) is 0 Å². The fraction of sp³-hybridized carbons (Fsp3) is 0.375. The summed E-state index contributed by atoms with van der Waals surface area (Å²) in [6.45, 7) is 2.87. The molecule has 0 saturated carbocycles. The van der Waals surface area contributed by atoms with E-state index in [0.717, 1.165) is 18.4 Å². The second-order valence-electron chi connectivity index (χ2n) is 4.99. The fourth-order valence-corrected chi connectivity index (χ4v) is 3.42. The monoisotopic (exact) mass is 321 g/mol. The molecule has 1 saturated heterocycles. The highest BCUT2D eigenvalue weighted by molar-refractivity contribution is 8.26. The highest BCUT2D eigenvalue weighted by Gasteiger charge is 2.31. The number of phenolic OH excluding ortho intramolecular Hbond substituents is 1. The van der Waals surface area contributed by atoms with Crippen molar-refractivity contribution in [3.8, 4) is 5.75 Å². The topological polar surface area (TPSA) is 40.5 Å². The SMILES string of the molecule is CCCCCCN1C(=O)C(=Cc2ccc(O)cc2)SC1=S. The van der Waals surface area contributed by atoms with Crippen molar-refractivity contribution in [2.75, 3.05) is 6.54 Å². The van der Waals surface area contributed by atoms with E-state index in [1.54, 1.807) is 29.2 Å². The molecule has 21 heavy (non-hydrogen) atoms. The van der Waals surface area contributed by atoms with Crippen molar-refractivity contribution in [3.63, 3.8) is 0 Å². The van der Waals surface area contributed by atoms with Gasteiger partial charge in [-0.15, -0.1) is 0 Å². The Morgan fingerprint density at radius 1 is 1.24 bits per heavy atom. The molecule has 0 aliphatic carbocycles. The van der Waals surface area contributed by atoms with Crippen LogP contribution in [-0.2, 0) is 4.79 Å². The lowest BCUT2D eigenvalue weighted by Crippen LogP contribution is -2.28. The predicted octanol–water partition coefficient (Wildman–Crippen LogP) is 4.17. The van der Waals surface area contributed by atoms with Gasteiger partial charge in [0.05, 0.1) is 4.91 Å². The maximum absolute atomic E-state index is 12.4. The van der Waals surface area contributed by atoms with Crippen molar-refractivity contribution in [2.24, 2.45) is 0 Å². The third-order valence-electron chi connectivity index (χ3n) is 3.30. The molecule has 1 heterocycles. The van der Waals surface area contributed by atoms with E-state index in [2.05, 4.69) is 6.92 Å². The lowest BCUT2D eigenvalue weighted by Gasteiger charge is -2.13. The van der Waals surface area contributed by atoms with Gasteiger partial charge in [-0.05, 0) is 30.2 Å². The Morgan fingerprint density at radius 2 is 1.95 bits per heavy atom. The van der Waals surface area contributed by atoms with E-state index in [-0.39, 0.29) is 11.7 Å². The van der Waals surface area contributed by atoms with Gasteiger partial charge in [0.2, 0.25) is 0 Å². The molecule has 0 radical (unpaired) electrons. The number of unbranched alkanes of at least 4 members (excludes halogenated alkanes) is 3. The number of benzene rings is 1. The summed E-state index contributed by atoms with van der Waals surface area (Å²) in [7, 11) is 0. The van der Waals surface area contributed by atoms with Crippen molar-refractivity contribution in [1.82, 2.24) is 4.90 Å². The van der Waals surface area contributed by atoms with Crippen LogP contribution < -0.4 is 0 Å². The van der Waals surface area contributed by atoms with Crippen molar-refractivity contribution >= 4 is 40.3 Å². The zero-order valence-electron chi connectivity index (χ0n) is 12.0. The first-order valence-corrected chi connectivity index (χ1v) is 8.38. The van der Waals surface area contributed by atoms with Crippen molar-refractivity contribution < 1.29 is 9.90 Å². The number of rotatable bonds is 6. The van der Waals surface area contributed by atoms with Crippen molar-refractivity contribution in [3.05, 3.63) is 34.7 Å². The van der Waals surface area contributed by atoms with Gasteiger partial charge < -0.3 is 5.11 Å². The number of phenols is 1. The molecular formula is C16H19NO2S2. The largest absolute Gasteiger partial charge is 0.508 e. The standard InChI is InChI=1S/C16H19NO2S2/c1-2-3-4-5-10-17-15(19)14(21-16(17)20)11-12-6-8-13(18)9-7-12/h6-9,11,18H,2-5,10H2,1H3. The fourth-order valence-electron chi connectivity index (χ4n) is 2.11.